The molecule has 0 unspecified atom stereocenters. The standard InChI is InChI=1S/C13H13N3O4/c17-12(18)7-16-6-11(14-9-16)15-13(19)20-8-10-4-2-1-3-5-10/h1-6,9H,7-8H2,(H,15,19)(H,17,18). The van der Waals surface area contributed by atoms with Crippen molar-refractivity contribution in [3.63, 3.8) is 0 Å². The zero-order valence-corrected chi connectivity index (χ0v) is 10.5. The number of carboxylic acids is 1. The fourth-order valence-electron chi connectivity index (χ4n) is 1.53. The normalized spacial score (nSPS) is 10.0. The van der Waals surface area contributed by atoms with Crippen LogP contribution in [0.3, 0.4) is 0 Å². The quantitative estimate of drug-likeness (QED) is 0.866. The maximum absolute atomic E-state index is 11.5. The van der Waals surface area contributed by atoms with Gasteiger partial charge in [-0.1, -0.05) is 30.3 Å². The molecular weight excluding hydrogens is 262 g/mol. The molecule has 0 aliphatic rings. The lowest BCUT2D eigenvalue weighted by Gasteiger charge is -2.04. The third kappa shape index (κ3) is 4.13. The van der Waals surface area contributed by atoms with Gasteiger partial charge in [-0.3, -0.25) is 10.1 Å². The monoisotopic (exact) mass is 275 g/mol. The van der Waals surface area contributed by atoms with E-state index in [1.807, 2.05) is 30.3 Å². The van der Waals surface area contributed by atoms with E-state index in [0.717, 1.165) is 5.56 Å². The minimum Gasteiger partial charge on any atom is -0.480 e. The van der Waals surface area contributed by atoms with Crippen molar-refractivity contribution in [2.24, 2.45) is 0 Å². The van der Waals surface area contributed by atoms with Crippen LogP contribution in [0.4, 0.5) is 10.6 Å². The molecule has 0 aliphatic heterocycles. The highest BCUT2D eigenvalue weighted by Crippen LogP contribution is 2.05. The minimum atomic E-state index is -0.986. The number of benzene rings is 1. The summed E-state index contributed by atoms with van der Waals surface area (Å²) in [4.78, 5) is 25.9. The van der Waals surface area contributed by atoms with E-state index < -0.39 is 12.1 Å². The summed E-state index contributed by atoms with van der Waals surface area (Å²) in [5.74, 6) is -0.745. The Balaban J connectivity index is 1.82. The van der Waals surface area contributed by atoms with Gasteiger partial charge in [-0.25, -0.2) is 9.78 Å². The van der Waals surface area contributed by atoms with Gasteiger partial charge in [0.1, 0.15) is 13.2 Å². The SMILES string of the molecule is O=C(O)Cn1cnc(NC(=O)OCc2ccccc2)c1. The van der Waals surface area contributed by atoms with Gasteiger partial charge >= 0.3 is 12.1 Å². The van der Waals surface area contributed by atoms with Crippen LogP contribution in [0, 0.1) is 0 Å². The summed E-state index contributed by atoms with van der Waals surface area (Å²) in [6, 6.07) is 9.26. The number of nitrogens with zero attached hydrogens (tertiary/aromatic N) is 2. The van der Waals surface area contributed by atoms with Crippen LogP contribution in [0.1, 0.15) is 5.56 Å². The number of carbonyl (C=O) groups excluding carboxylic acids is 1. The van der Waals surface area contributed by atoms with E-state index >= 15 is 0 Å². The molecule has 0 bridgehead atoms. The van der Waals surface area contributed by atoms with Gasteiger partial charge in [0.05, 0.1) is 6.33 Å². The molecule has 20 heavy (non-hydrogen) atoms. The molecule has 2 rings (SSSR count). The second-order valence-electron chi connectivity index (χ2n) is 4.01. The number of aromatic nitrogens is 2. The molecule has 0 saturated carbocycles. The fraction of sp³-hybridized carbons (Fsp3) is 0.154. The van der Waals surface area contributed by atoms with E-state index in [0.29, 0.717) is 0 Å². The number of nitrogens with one attached hydrogen (secondary N) is 1. The van der Waals surface area contributed by atoms with Gasteiger partial charge in [-0.05, 0) is 5.56 Å². The fourth-order valence-corrected chi connectivity index (χ4v) is 1.53. The lowest BCUT2D eigenvalue weighted by molar-refractivity contribution is -0.137. The van der Waals surface area contributed by atoms with E-state index in [2.05, 4.69) is 10.3 Å². The van der Waals surface area contributed by atoms with E-state index in [1.54, 1.807) is 0 Å². The van der Waals surface area contributed by atoms with E-state index in [-0.39, 0.29) is 19.0 Å². The molecule has 0 aliphatic carbocycles. The summed E-state index contributed by atoms with van der Waals surface area (Å²) in [5.41, 5.74) is 0.874. The number of rotatable bonds is 5. The van der Waals surface area contributed by atoms with Crippen LogP contribution in [0.25, 0.3) is 0 Å². The third-order valence-electron chi connectivity index (χ3n) is 2.39. The number of amides is 1. The minimum absolute atomic E-state index is 0.155. The lowest BCUT2D eigenvalue weighted by Crippen LogP contribution is -2.13. The highest BCUT2D eigenvalue weighted by Gasteiger charge is 2.07. The van der Waals surface area contributed by atoms with Gasteiger partial charge in [-0.2, -0.15) is 0 Å². The first-order valence-corrected chi connectivity index (χ1v) is 5.85. The molecule has 2 N–H and O–H groups in total. The zero-order valence-electron chi connectivity index (χ0n) is 10.5. The molecule has 7 heteroatoms. The Labute approximate surface area is 114 Å². The van der Waals surface area contributed by atoms with E-state index in [9.17, 15) is 9.59 Å². The van der Waals surface area contributed by atoms with Crippen LogP contribution in [0.15, 0.2) is 42.9 Å². The topological polar surface area (TPSA) is 93.5 Å². The highest BCUT2D eigenvalue weighted by atomic mass is 16.5. The summed E-state index contributed by atoms with van der Waals surface area (Å²) >= 11 is 0. The molecule has 0 fully saturated rings. The average molecular weight is 275 g/mol. The summed E-state index contributed by atoms with van der Waals surface area (Å²) < 4.78 is 6.35. The number of anilines is 1. The van der Waals surface area contributed by atoms with E-state index in [4.69, 9.17) is 9.84 Å². The number of carboxylic acid groups (broad SMARTS) is 1. The molecule has 2 aromatic rings. The zero-order chi connectivity index (χ0) is 14.4. The Hall–Kier alpha value is -2.83. The molecule has 1 aromatic heterocycles. The molecular formula is C13H13N3O4. The van der Waals surface area contributed by atoms with Crippen LogP contribution >= 0.6 is 0 Å². The maximum Gasteiger partial charge on any atom is 0.413 e. The Morgan fingerprint density at radius 3 is 2.75 bits per heavy atom. The predicted molar refractivity (Wildman–Crippen MR) is 70.1 cm³/mol. The van der Waals surface area contributed by atoms with Crippen molar-refractivity contribution >= 4 is 17.9 Å². The van der Waals surface area contributed by atoms with Crippen LogP contribution in [-0.4, -0.2) is 26.7 Å². The van der Waals surface area contributed by atoms with Gasteiger partial charge in [0.15, 0.2) is 5.82 Å². The van der Waals surface area contributed by atoms with Crippen LogP contribution in [0.5, 0.6) is 0 Å². The summed E-state index contributed by atoms with van der Waals surface area (Å²) in [7, 11) is 0. The molecule has 1 aromatic carbocycles. The first-order valence-electron chi connectivity index (χ1n) is 5.85. The number of aliphatic carboxylic acids is 1. The van der Waals surface area contributed by atoms with Crippen molar-refractivity contribution < 1.29 is 19.4 Å². The molecule has 7 nitrogen and oxygen atoms in total. The predicted octanol–water partition coefficient (Wildman–Crippen LogP) is 1.72. The molecule has 0 spiro atoms. The van der Waals surface area contributed by atoms with Crippen molar-refractivity contribution in [1.29, 1.82) is 0 Å². The van der Waals surface area contributed by atoms with Crippen LogP contribution in [-0.2, 0) is 22.7 Å². The van der Waals surface area contributed by atoms with Gasteiger partial charge in [0.2, 0.25) is 0 Å². The van der Waals surface area contributed by atoms with Crippen molar-refractivity contribution in [1.82, 2.24) is 9.55 Å². The molecule has 104 valence electrons. The van der Waals surface area contributed by atoms with Crippen LogP contribution < -0.4 is 5.32 Å². The average Bonchev–Trinajstić information content (AvgIpc) is 2.84. The number of carbonyl (C=O) groups is 2. The highest BCUT2D eigenvalue weighted by molar-refractivity contribution is 5.83. The molecule has 1 amide bonds. The number of hydrogen-bond acceptors (Lipinski definition) is 4. The number of imidazole rings is 1. The summed E-state index contributed by atoms with van der Waals surface area (Å²) in [5, 5.41) is 11.0. The smallest absolute Gasteiger partial charge is 0.413 e. The van der Waals surface area contributed by atoms with E-state index in [1.165, 1.54) is 17.1 Å². The lowest BCUT2D eigenvalue weighted by atomic mass is 10.2. The molecule has 0 radical (unpaired) electrons. The molecule has 0 saturated heterocycles. The van der Waals surface area contributed by atoms with Crippen LogP contribution in [0.2, 0.25) is 0 Å². The third-order valence-corrected chi connectivity index (χ3v) is 2.39. The number of hydrogen-bond donors (Lipinski definition) is 2. The van der Waals surface area contributed by atoms with Gasteiger partial charge in [0, 0.05) is 6.20 Å². The first kappa shape index (κ1) is 13.6. The summed E-state index contributed by atoms with van der Waals surface area (Å²) in [6.45, 7) is -0.0593. The summed E-state index contributed by atoms with van der Waals surface area (Å²) in [6.07, 6.45) is 2.09. The Morgan fingerprint density at radius 1 is 1.30 bits per heavy atom. The van der Waals surface area contributed by atoms with Crippen molar-refractivity contribution in [3.8, 4) is 0 Å². The first-order chi connectivity index (χ1) is 9.63. The Bertz CT molecular complexity index is 595. The number of ether oxygens (including phenoxy) is 1. The van der Waals surface area contributed by atoms with Gasteiger partial charge < -0.3 is 14.4 Å². The Kier molecular flexibility index (Phi) is 4.33. The van der Waals surface area contributed by atoms with Gasteiger partial charge in [0.25, 0.3) is 0 Å². The maximum atomic E-state index is 11.5. The second-order valence-corrected chi connectivity index (χ2v) is 4.01. The Morgan fingerprint density at radius 2 is 2.05 bits per heavy atom. The van der Waals surface area contributed by atoms with Crippen molar-refractivity contribution in [2.75, 3.05) is 5.32 Å². The van der Waals surface area contributed by atoms with Crippen molar-refractivity contribution in [2.45, 2.75) is 13.2 Å². The largest absolute Gasteiger partial charge is 0.480 e. The van der Waals surface area contributed by atoms with Gasteiger partial charge in [-0.15, -0.1) is 0 Å². The molecule has 1 heterocycles. The van der Waals surface area contributed by atoms with Crippen molar-refractivity contribution in [3.05, 3.63) is 48.4 Å². The molecule has 0 atom stereocenters. The second kappa shape index (κ2) is 6.37.